The van der Waals surface area contributed by atoms with Crippen molar-refractivity contribution in [2.75, 3.05) is 38.3 Å². The van der Waals surface area contributed by atoms with E-state index in [1.807, 2.05) is 6.92 Å². The average Bonchev–Trinajstić information content (AvgIpc) is 3.25. The molecular formula is C23H29N3O5S. The molecule has 1 atom stereocenters. The Labute approximate surface area is 189 Å². The average molecular weight is 460 g/mol. The first kappa shape index (κ1) is 22.6. The molecule has 2 N–H and O–H groups in total. The predicted octanol–water partition coefficient (Wildman–Crippen LogP) is 2.74. The lowest BCUT2D eigenvalue weighted by atomic mass is 9.98. The van der Waals surface area contributed by atoms with Gasteiger partial charge in [0.2, 0.25) is 22.7 Å². The molecule has 0 radical (unpaired) electrons. The number of carbonyl (C=O) groups is 1. The van der Waals surface area contributed by atoms with Gasteiger partial charge in [-0.3, -0.25) is 4.79 Å². The Balaban J connectivity index is 1.22. The van der Waals surface area contributed by atoms with Gasteiger partial charge in [-0.2, -0.15) is 0 Å². The van der Waals surface area contributed by atoms with Crippen molar-refractivity contribution in [2.45, 2.75) is 31.1 Å². The van der Waals surface area contributed by atoms with Gasteiger partial charge in [-0.05, 0) is 56.5 Å². The topological polar surface area (TPSA) is 97.0 Å². The Morgan fingerprint density at radius 1 is 1.12 bits per heavy atom. The zero-order valence-electron chi connectivity index (χ0n) is 18.2. The highest BCUT2D eigenvalue weighted by atomic mass is 32.2. The maximum Gasteiger partial charge on any atom is 0.240 e. The third kappa shape index (κ3) is 5.79. The van der Waals surface area contributed by atoms with Crippen molar-refractivity contribution in [3.8, 4) is 11.5 Å². The number of anilines is 1. The second-order valence-corrected chi connectivity index (χ2v) is 10.1. The number of amides is 1. The summed E-state index contributed by atoms with van der Waals surface area (Å²) in [5.74, 6) is 1.47. The summed E-state index contributed by atoms with van der Waals surface area (Å²) in [7, 11) is -3.51. The summed E-state index contributed by atoms with van der Waals surface area (Å²) < 4.78 is 38.4. The lowest BCUT2D eigenvalue weighted by Crippen LogP contribution is -2.41. The van der Waals surface area contributed by atoms with Gasteiger partial charge < -0.3 is 19.7 Å². The number of likely N-dealkylation sites (tertiary alicyclic amines) is 1. The number of nitrogens with one attached hydrogen (secondary N) is 2. The highest BCUT2D eigenvalue weighted by Crippen LogP contribution is 2.34. The number of sulfonamides is 1. The van der Waals surface area contributed by atoms with Crippen molar-refractivity contribution in [1.82, 2.24) is 9.62 Å². The molecule has 2 aromatic rings. The van der Waals surface area contributed by atoms with Crippen LogP contribution < -0.4 is 19.5 Å². The molecular weight excluding hydrogens is 430 g/mol. The molecule has 32 heavy (non-hydrogen) atoms. The van der Waals surface area contributed by atoms with Crippen LogP contribution in [-0.2, 0) is 14.8 Å². The molecule has 4 rings (SSSR count). The fourth-order valence-corrected chi connectivity index (χ4v) is 5.12. The lowest BCUT2D eigenvalue weighted by Gasteiger charge is -2.32. The van der Waals surface area contributed by atoms with Gasteiger partial charge in [0.25, 0.3) is 0 Å². The number of benzene rings is 2. The molecule has 2 aliphatic heterocycles. The monoisotopic (exact) mass is 459 g/mol. The number of hydrogen-bond acceptors (Lipinski definition) is 6. The molecule has 1 unspecified atom stereocenters. The Morgan fingerprint density at radius 3 is 2.72 bits per heavy atom. The minimum atomic E-state index is -3.51. The van der Waals surface area contributed by atoms with Gasteiger partial charge in [0, 0.05) is 37.8 Å². The van der Waals surface area contributed by atoms with Crippen LogP contribution in [0.5, 0.6) is 11.5 Å². The number of fused-ring (bicyclic) bond motifs is 1. The number of aryl methyl sites for hydroxylation is 1. The molecule has 0 aromatic heterocycles. The number of carbonyl (C=O) groups excluding carboxylic acids is 1. The van der Waals surface area contributed by atoms with Gasteiger partial charge in [-0.1, -0.05) is 17.7 Å². The largest absolute Gasteiger partial charge is 0.454 e. The van der Waals surface area contributed by atoms with Crippen LogP contribution in [0, 0.1) is 12.8 Å². The summed E-state index contributed by atoms with van der Waals surface area (Å²) in [6, 6.07) is 12.2. The van der Waals surface area contributed by atoms with E-state index >= 15 is 0 Å². The van der Waals surface area contributed by atoms with E-state index < -0.39 is 10.0 Å². The highest BCUT2D eigenvalue weighted by molar-refractivity contribution is 7.89. The molecule has 0 saturated carbocycles. The van der Waals surface area contributed by atoms with Crippen LogP contribution in [0.1, 0.15) is 24.8 Å². The molecule has 2 aliphatic rings. The van der Waals surface area contributed by atoms with E-state index in [4.69, 9.17) is 9.47 Å². The fraction of sp³-hybridized carbons (Fsp3) is 0.435. The number of rotatable bonds is 8. The number of piperidine rings is 1. The minimum Gasteiger partial charge on any atom is -0.454 e. The molecule has 1 saturated heterocycles. The van der Waals surface area contributed by atoms with Crippen molar-refractivity contribution < 1.29 is 22.7 Å². The van der Waals surface area contributed by atoms with Gasteiger partial charge in [-0.15, -0.1) is 0 Å². The van der Waals surface area contributed by atoms with Gasteiger partial charge >= 0.3 is 0 Å². The molecule has 1 fully saturated rings. The van der Waals surface area contributed by atoms with Crippen LogP contribution >= 0.6 is 0 Å². The number of ether oxygens (including phenoxy) is 2. The molecule has 0 spiro atoms. The Morgan fingerprint density at radius 2 is 1.91 bits per heavy atom. The van der Waals surface area contributed by atoms with Gasteiger partial charge in [0.15, 0.2) is 11.5 Å². The van der Waals surface area contributed by atoms with Gasteiger partial charge in [0.05, 0.1) is 4.90 Å². The normalized spacial score (nSPS) is 18.5. The molecule has 8 nitrogen and oxygen atoms in total. The van der Waals surface area contributed by atoms with E-state index in [-0.39, 0.29) is 23.5 Å². The summed E-state index contributed by atoms with van der Waals surface area (Å²) in [6.07, 6.45) is 2.33. The fourth-order valence-electron chi connectivity index (χ4n) is 4.01. The Bertz CT molecular complexity index is 1060. The summed E-state index contributed by atoms with van der Waals surface area (Å²) in [5.41, 5.74) is 1.70. The van der Waals surface area contributed by atoms with E-state index in [0.717, 1.165) is 31.5 Å². The third-order valence-corrected chi connectivity index (χ3v) is 7.25. The standard InChI is InChI=1S/C23H29N3O5S/c1-17-4-7-20(8-5-17)32(28,29)24-14-18-3-2-11-26(15-18)12-10-23(27)25-19-6-9-21-22(13-19)31-16-30-21/h4-9,13,18,24H,2-3,10-12,14-16H2,1H3,(H,25,27). The quantitative estimate of drug-likeness (QED) is 0.630. The summed E-state index contributed by atoms with van der Waals surface area (Å²) in [6.45, 7) is 4.85. The molecule has 0 bridgehead atoms. The van der Waals surface area contributed by atoms with E-state index in [1.54, 1.807) is 42.5 Å². The van der Waals surface area contributed by atoms with E-state index in [0.29, 0.717) is 36.7 Å². The van der Waals surface area contributed by atoms with Crippen molar-refractivity contribution in [2.24, 2.45) is 5.92 Å². The molecule has 1 amide bonds. The van der Waals surface area contributed by atoms with Crippen LogP contribution in [0.15, 0.2) is 47.4 Å². The number of nitrogens with zero attached hydrogens (tertiary/aromatic N) is 1. The first-order valence-corrected chi connectivity index (χ1v) is 12.4. The maximum atomic E-state index is 12.5. The highest BCUT2D eigenvalue weighted by Gasteiger charge is 2.23. The van der Waals surface area contributed by atoms with Crippen LogP contribution in [0.4, 0.5) is 5.69 Å². The van der Waals surface area contributed by atoms with Crippen LogP contribution in [0.25, 0.3) is 0 Å². The SMILES string of the molecule is Cc1ccc(S(=O)(=O)NCC2CCCN(CCC(=O)Nc3ccc4c(c3)OCO4)C2)cc1. The lowest BCUT2D eigenvalue weighted by molar-refractivity contribution is -0.116. The first-order chi connectivity index (χ1) is 15.4. The smallest absolute Gasteiger partial charge is 0.240 e. The first-order valence-electron chi connectivity index (χ1n) is 10.9. The zero-order valence-corrected chi connectivity index (χ0v) is 19.0. The van der Waals surface area contributed by atoms with Gasteiger partial charge in [-0.25, -0.2) is 13.1 Å². The molecule has 172 valence electrons. The molecule has 2 aromatic carbocycles. The van der Waals surface area contributed by atoms with E-state index in [2.05, 4.69) is 14.9 Å². The molecule has 9 heteroatoms. The van der Waals surface area contributed by atoms with E-state index in [9.17, 15) is 13.2 Å². The van der Waals surface area contributed by atoms with Crippen LogP contribution in [0.3, 0.4) is 0 Å². The van der Waals surface area contributed by atoms with Gasteiger partial charge in [0.1, 0.15) is 0 Å². The Hall–Kier alpha value is -2.62. The summed E-state index contributed by atoms with van der Waals surface area (Å²) in [4.78, 5) is 14.9. The second-order valence-electron chi connectivity index (χ2n) is 8.34. The van der Waals surface area contributed by atoms with Crippen molar-refractivity contribution >= 4 is 21.6 Å². The maximum absolute atomic E-state index is 12.5. The van der Waals surface area contributed by atoms with Crippen molar-refractivity contribution in [3.63, 3.8) is 0 Å². The summed E-state index contributed by atoms with van der Waals surface area (Å²) in [5, 5.41) is 2.90. The van der Waals surface area contributed by atoms with Crippen molar-refractivity contribution in [3.05, 3.63) is 48.0 Å². The second kappa shape index (κ2) is 9.89. The van der Waals surface area contributed by atoms with E-state index in [1.165, 1.54) is 0 Å². The van der Waals surface area contributed by atoms with Crippen LogP contribution in [-0.4, -0.2) is 52.2 Å². The zero-order chi connectivity index (χ0) is 22.6. The van der Waals surface area contributed by atoms with Crippen molar-refractivity contribution in [1.29, 1.82) is 0 Å². The summed E-state index contributed by atoms with van der Waals surface area (Å²) >= 11 is 0. The third-order valence-electron chi connectivity index (χ3n) is 5.81. The molecule has 2 heterocycles. The van der Waals surface area contributed by atoms with Crippen LogP contribution in [0.2, 0.25) is 0 Å². The minimum absolute atomic E-state index is 0.0638. The molecule has 0 aliphatic carbocycles. The Kier molecular flexibility index (Phi) is 6.98. The number of hydrogen-bond donors (Lipinski definition) is 2. The predicted molar refractivity (Wildman–Crippen MR) is 121 cm³/mol.